The number of aromatic nitrogens is 2. The van der Waals surface area contributed by atoms with Crippen molar-refractivity contribution >= 4 is 28.6 Å². The molecule has 31 heavy (non-hydrogen) atoms. The van der Waals surface area contributed by atoms with Crippen LogP contribution in [-0.4, -0.2) is 58.5 Å². The Bertz CT molecular complexity index is 1160. The van der Waals surface area contributed by atoms with Crippen molar-refractivity contribution in [2.24, 2.45) is 0 Å². The third-order valence-electron chi connectivity index (χ3n) is 4.89. The number of nitrogens with zero attached hydrogens (tertiary/aromatic N) is 3. The fourth-order valence-electron chi connectivity index (χ4n) is 3.24. The van der Waals surface area contributed by atoms with Crippen LogP contribution in [-0.2, 0) is 4.79 Å². The Kier molecular flexibility index (Phi) is 7.06. The van der Waals surface area contributed by atoms with Gasteiger partial charge < -0.3 is 19.5 Å². The maximum Gasteiger partial charge on any atom is 0.266 e. The summed E-state index contributed by atoms with van der Waals surface area (Å²) in [6.45, 7) is 5.07. The number of hydrogen-bond acceptors (Lipinski definition) is 7. The number of amides is 1. The molecule has 1 amide bonds. The molecule has 0 bridgehead atoms. The van der Waals surface area contributed by atoms with Crippen molar-refractivity contribution in [2.45, 2.75) is 19.0 Å². The topological polar surface area (TPSA) is 93.9 Å². The molecule has 3 rings (SSSR count). The van der Waals surface area contributed by atoms with E-state index in [1.807, 2.05) is 13.8 Å². The fourth-order valence-corrected chi connectivity index (χ4v) is 4.15. The Morgan fingerprint density at radius 1 is 1.10 bits per heavy atom. The molecule has 0 atom stereocenters. The van der Waals surface area contributed by atoms with Crippen LogP contribution < -0.4 is 15.0 Å². The van der Waals surface area contributed by atoms with Crippen LogP contribution in [0.25, 0.3) is 16.6 Å². The second kappa shape index (κ2) is 9.74. The minimum Gasteiger partial charge on any atom is -0.508 e. The van der Waals surface area contributed by atoms with E-state index in [0.717, 1.165) is 0 Å². The number of thioether (sulfide) groups is 1. The van der Waals surface area contributed by atoms with E-state index in [9.17, 15) is 14.7 Å². The third-order valence-corrected chi connectivity index (χ3v) is 5.81. The Labute approximate surface area is 184 Å². The second-order valence-corrected chi connectivity index (χ2v) is 7.57. The summed E-state index contributed by atoms with van der Waals surface area (Å²) < 4.78 is 12.1. The largest absolute Gasteiger partial charge is 0.508 e. The zero-order valence-electron chi connectivity index (χ0n) is 17.9. The zero-order chi connectivity index (χ0) is 22.5. The number of ether oxygens (including phenoxy) is 2. The molecular formula is C22H25N3O5S. The monoisotopic (exact) mass is 443 g/mol. The molecule has 0 saturated carbocycles. The number of aromatic hydroxyl groups is 1. The Morgan fingerprint density at radius 3 is 2.45 bits per heavy atom. The zero-order valence-corrected chi connectivity index (χ0v) is 18.7. The first-order chi connectivity index (χ1) is 14.9. The quantitative estimate of drug-likeness (QED) is 0.422. The van der Waals surface area contributed by atoms with Crippen LogP contribution in [0.15, 0.2) is 46.3 Å². The van der Waals surface area contributed by atoms with Gasteiger partial charge in [0.15, 0.2) is 16.7 Å². The first-order valence-corrected chi connectivity index (χ1v) is 10.8. The average molecular weight is 444 g/mol. The molecule has 2 aromatic carbocycles. The lowest BCUT2D eigenvalue weighted by Gasteiger charge is -2.19. The lowest BCUT2D eigenvalue weighted by molar-refractivity contribution is -0.127. The van der Waals surface area contributed by atoms with Gasteiger partial charge in [-0.1, -0.05) is 11.8 Å². The van der Waals surface area contributed by atoms with Crippen molar-refractivity contribution in [3.05, 3.63) is 46.8 Å². The van der Waals surface area contributed by atoms with Gasteiger partial charge in [-0.15, -0.1) is 0 Å². The van der Waals surface area contributed by atoms with Gasteiger partial charge in [-0.2, -0.15) is 0 Å². The van der Waals surface area contributed by atoms with Gasteiger partial charge in [-0.25, -0.2) is 4.98 Å². The summed E-state index contributed by atoms with van der Waals surface area (Å²) in [6.07, 6.45) is 0. The highest BCUT2D eigenvalue weighted by Crippen LogP contribution is 2.31. The predicted molar refractivity (Wildman–Crippen MR) is 121 cm³/mol. The maximum absolute atomic E-state index is 13.4. The summed E-state index contributed by atoms with van der Waals surface area (Å²) in [5.74, 6) is 1.07. The second-order valence-electron chi connectivity index (χ2n) is 6.63. The van der Waals surface area contributed by atoms with Gasteiger partial charge in [0, 0.05) is 19.2 Å². The van der Waals surface area contributed by atoms with Crippen molar-refractivity contribution in [1.82, 2.24) is 14.5 Å². The van der Waals surface area contributed by atoms with E-state index in [4.69, 9.17) is 9.47 Å². The van der Waals surface area contributed by atoms with E-state index < -0.39 is 0 Å². The minimum atomic E-state index is -0.356. The SMILES string of the molecule is CCN(CC)C(=O)CSc1nc2ccc(O)cc2c(=O)n1-c1ccc(OC)c(OC)c1. The van der Waals surface area contributed by atoms with Crippen molar-refractivity contribution in [1.29, 1.82) is 0 Å². The van der Waals surface area contributed by atoms with Crippen LogP contribution >= 0.6 is 11.8 Å². The van der Waals surface area contributed by atoms with Crippen molar-refractivity contribution < 1.29 is 19.4 Å². The standard InChI is InChI=1S/C22H25N3O5S/c1-5-24(6-2)20(27)13-31-22-23-17-9-8-15(26)12-16(17)21(28)25(22)14-7-10-18(29-3)19(11-14)30-4/h7-12,26H,5-6,13H2,1-4H3. The van der Waals surface area contributed by atoms with Crippen molar-refractivity contribution in [2.75, 3.05) is 33.1 Å². The molecule has 3 aromatic rings. The average Bonchev–Trinajstić information content (AvgIpc) is 2.78. The summed E-state index contributed by atoms with van der Waals surface area (Å²) in [6, 6.07) is 9.54. The molecule has 0 unspecified atom stereocenters. The Balaban J connectivity index is 2.15. The van der Waals surface area contributed by atoms with E-state index in [1.54, 1.807) is 29.2 Å². The Hall–Kier alpha value is -3.20. The number of rotatable bonds is 8. The summed E-state index contributed by atoms with van der Waals surface area (Å²) in [7, 11) is 3.05. The molecule has 9 heteroatoms. The summed E-state index contributed by atoms with van der Waals surface area (Å²) in [5.41, 5.74) is 0.599. The van der Waals surface area contributed by atoms with Gasteiger partial charge in [-0.05, 0) is 44.2 Å². The number of hydrogen-bond donors (Lipinski definition) is 1. The highest BCUT2D eigenvalue weighted by atomic mass is 32.2. The van der Waals surface area contributed by atoms with E-state index >= 15 is 0 Å². The third kappa shape index (κ3) is 4.61. The number of methoxy groups -OCH3 is 2. The van der Waals surface area contributed by atoms with Crippen LogP contribution in [0.4, 0.5) is 0 Å². The van der Waals surface area contributed by atoms with Gasteiger partial charge >= 0.3 is 0 Å². The normalized spacial score (nSPS) is 10.8. The lowest BCUT2D eigenvalue weighted by Crippen LogP contribution is -2.32. The fraction of sp³-hybridized carbons (Fsp3) is 0.318. The van der Waals surface area contributed by atoms with E-state index in [1.165, 1.54) is 42.7 Å². The molecule has 1 N–H and O–H groups in total. The van der Waals surface area contributed by atoms with E-state index in [0.29, 0.717) is 40.9 Å². The number of phenolic OH excluding ortho intramolecular Hbond substituents is 1. The van der Waals surface area contributed by atoms with E-state index in [-0.39, 0.29) is 28.4 Å². The summed E-state index contributed by atoms with van der Waals surface area (Å²) in [4.78, 5) is 32.2. The van der Waals surface area contributed by atoms with Crippen LogP contribution in [0.1, 0.15) is 13.8 Å². The molecule has 0 saturated heterocycles. The maximum atomic E-state index is 13.4. The van der Waals surface area contributed by atoms with Crippen molar-refractivity contribution in [3.8, 4) is 22.9 Å². The first kappa shape index (κ1) is 22.5. The van der Waals surface area contributed by atoms with E-state index in [2.05, 4.69) is 4.98 Å². The number of carbonyl (C=O) groups excluding carboxylic acids is 1. The smallest absolute Gasteiger partial charge is 0.266 e. The number of phenols is 1. The summed E-state index contributed by atoms with van der Waals surface area (Å²) >= 11 is 1.19. The summed E-state index contributed by atoms with van der Waals surface area (Å²) in [5, 5.41) is 10.5. The molecular weight excluding hydrogens is 418 g/mol. The molecule has 0 radical (unpaired) electrons. The molecule has 0 fully saturated rings. The molecule has 1 aromatic heterocycles. The highest BCUT2D eigenvalue weighted by molar-refractivity contribution is 7.99. The molecule has 1 heterocycles. The number of fused-ring (bicyclic) bond motifs is 1. The lowest BCUT2D eigenvalue weighted by atomic mass is 10.2. The van der Waals surface area contributed by atoms with Gasteiger partial charge in [0.2, 0.25) is 5.91 Å². The van der Waals surface area contributed by atoms with Crippen LogP contribution in [0.3, 0.4) is 0 Å². The van der Waals surface area contributed by atoms with Crippen LogP contribution in [0, 0.1) is 0 Å². The van der Waals surface area contributed by atoms with Gasteiger partial charge in [-0.3, -0.25) is 14.2 Å². The number of carbonyl (C=O) groups is 1. The molecule has 0 spiro atoms. The van der Waals surface area contributed by atoms with Gasteiger partial charge in [0.1, 0.15) is 5.75 Å². The minimum absolute atomic E-state index is 0.0256. The van der Waals surface area contributed by atoms with Crippen LogP contribution in [0.2, 0.25) is 0 Å². The Morgan fingerprint density at radius 2 is 1.81 bits per heavy atom. The highest BCUT2D eigenvalue weighted by Gasteiger charge is 2.18. The molecule has 0 aliphatic carbocycles. The number of benzene rings is 2. The van der Waals surface area contributed by atoms with Gasteiger partial charge in [0.05, 0.1) is 36.6 Å². The predicted octanol–water partition coefficient (Wildman–Crippen LogP) is 3.07. The first-order valence-electron chi connectivity index (χ1n) is 9.82. The van der Waals surface area contributed by atoms with Gasteiger partial charge in [0.25, 0.3) is 5.56 Å². The van der Waals surface area contributed by atoms with Crippen molar-refractivity contribution in [3.63, 3.8) is 0 Å². The molecule has 8 nitrogen and oxygen atoms in total. The molecule has 0 aliphatic heterocycles. The van der Waals surface area contributed by atoms with Crippen LogP contribution in [0.5, 0.6) is 17.2 Å². The molecule has 164 valence electrons. The molecule has 0 aliphatic rings.